The summed E-state index contributed by atoms with van der Waals surface area (Å²) in [6, 6.07) is 8.66. The fourth-order valence-corrected chi connectivity index (χ4v) is 3.28. The summed E-state index contributed by atoms with van der Waals surface area (Å²) in [5.41, 5.74) is 3.79. The zero-order valence-corrected chi connectivity index (χ0v) is 17.4. The van der Waals surface area contributed by atoms with Crippen molar-refractivity contribution in [3.05, 3.63) is 77.0 Å². The van der Waals surface area contributed by atoms with Crippen LogP contribution in [0.15, 0.2) is 53.9 Å². The Morgan fingerprint density at radius 3 is 2.61 bits per heavy atom. The van der Waals surface area contributed by atoms with E-state index >= 15 is 0 Å². The van der Waals surface area contributed by atoms with Crippen LogP contribution in [0.5, 0.6) is 0 Å². The number of hydrazone groups is 1. The lowest BCUT2D eigenvalue weighted by molar-refractivity contribution is -0.137. The van der Waals surface area contributed by atoms with Gasteiger partial charge >= 0.3 is 6.18 Å². The molecule has 172 valence electrons. The molecule has 7 nitrogen and oxygen atoms in total. The van der Waals surface area contributed by atoms with Crippen LogP contribution in [0.4, 0.5) is 29.3 Å². The van der Waals surface area contributed by atoms with E-state index in [0.29, 0.717) is 44.0 Å². The first-order valence-corrected chi connectivity index (χ1v) is 10.1. The van der Waals surface area contributed by atoms with E-state index in [-0.39, 0.29) is 11.8 Å². The normalized spacial score (nSPS) is 14.6. The Bertz CT molecular complexity index is 1110. The van der Waals surface area contributed by atoms with Gasteiger partial charge in [0.15, 0.2) is 11.6 Å². The molecule has 33 heavy (non-hydrogen) atoms. The first kappa shape index (κ1) is 22.6. The number of hydrogen-bond acceptors (Lipinski definition) is 7. The molecule has 1 fully saturated rings. The Hall–Kier alpha value is -3.60. The van der Waals surface area contributed by atoms with Gasteiger partial charge in [0.2, 0.25) is 5.95 Å². The summed E-state index contributed by atoms with van der Waals surface area (Å²) in [6.45, 7) is 2.07. The van der Waals surface area contributed by atoms with Crippen molar-refractivity contribution in [1.82, 2.24) is 15.0 Å². The van der Waals surface area contributed by atoms with E-state index in [9.17, 15) is 17.6 Å². The van der Waals surface area contributed by atoms with Crippen LogP contribution in [0.3, 0.4) is 0 Å². The van der Waals surface area contributed by atoms with Gasteiger partial charge in [0.25, 0.3) is 0 Å². The average Bonchev–Trinajstić information content (AvgIpc) is 2.81. The molecule has 1 N–H and O–H groups in total. The standard InChI is InChI=1S/C22H20F4N6O/c23-19-14-28-21(30-20(19)32-6-8-33-9-7-32)31-29-13-18-5-4-16(12-27-18)10-15-2-1-3-17(11-15)22(24,25)26/h1-5,11-14H,6-10H2,(H,28,30,31)/b29-13+. The van der Waals surface area contributed by atoms with Crippen molar-refractivity contribution in [1.29, 1.82) is 0 Å². The Morgan fingerprint density at radius 2 is 1.88 bits per heavy atom. The second kappa shape index (κ2) is 9.90. The van der Waals surface area contributed by atoms with Gasteiger partial charge in [-0.2, -0.15) is 23.3 Å². The second-order valence-electron chi connectivity index (χ2n) is 7.30. The topological polar surface area (TPSA) is 75.5 Å². The molecular weight excluding hydrogens is 440 g/mol. The van der Waals surface area contributed by atoms with Crippen LogP contribution in [-0.4, -0.2) is 47.5 Å². The highest BCUT2D eigenvalue weighted by Gasteiger charge is 2.30. The fraction of sp³-hybridized carbons (Fsp3) is 0.273. The van der Waals surface area contributed by atoms with Crippen LogP contribution in [0.25, 0.3) is 0 Å². The molecule has 0 saturated carbocycles. The highest BCUT2D eigenvalue weighted by molar-refractivity contribution is 5.77. The fourth-order valence-electron chi connectivity index (χ4n) is 3.28. The lowest BCUT2D eigenvalue weighted by Crippen LogP contribution is -2.37. The molecule has 0 amide bonds. The first-order chi connectivity index (χ1) is 15.9. The SMILES string of the molecule is Fc1cnc(N/N=C/c2ccc(Cc3cccc(C(F)(F)F)c3)cn2)nc1N1CCOCC1. The quantitative estimate of drug-likeness (QED) is 0.342. The van der Waals surface area contributed by atoms with Gasteiger partial charge in [-0.15, -0.1) is 0 Å². The van der Waals surface area contributed by atoms with E-state index in [2.05, 4.69) is 25.5 Å². The number of ether oxygens (including phenoxy) is 1. The van der Waals surface area contributed by atoms with Crippen molar-refractivity contribution in [3.8, 4) is 0 Å². The summed E-state index contributed by atoms with van der Waals surface area (Å²) < 4.78 is 58.0. The molecule has 2 aromatic heterocycles. The Balaban J connectivity index is 1.37. The zero-order valence-electron chi connectivity index (χ0n) is 17.4. The third-order valence-electron chi connectivity index (χ3n) is 4.91. The number of anilines is 2. The highest BCUT2D eigenvalue weighted by atomic mass is 19.4. The summed E-state index contributed by atoms with van der Waals surface area (Å²) in [7, 11) is 0. The number of halogens is 4. The molecule has 1 aromatic carbocycles. The predicted molar refractivity (Wildman–Crippen MR) is 115 cm³/mol. The van der Waals surface area contributed by atoms with Crippen LogP contribution < -0.4 is 10.3 Å². The van der Waals surface area contributed by atoms with Gasteiger partial charge < -0.3 is 9.64 Å². The number of pyridine rings is 1. The molecular formula is C22H20F4N6O. The lowest BCUT2D eigenvalue weighted by Gasteiger charge is -2.27. The maximum atomic E-state index is 14.1. The Morgan fingerprint density at radius 1 is 1.06 bits per heavy atom. The van der Waals surface area contributed by atoms with Gasteiger partial charge in [-0.05, 0) is 29.7 Å². The minimum absolute atomic E-state index is 0.135. The monoisotopic (exact) mass is 460 g/mol. The van der Waals surface area contributed by atoms with E-state index in [1.54, 1.807) is 29.3 Å². The van der Waals surface area contributed by atoms with Gasteiger partial charge in [0, 0.05) is 19.3 Å². The van der Waals surface area contributed by atoms with E-state index in [0.717, 1.165) is 23.9 Å². The molecule has 0 atom stereocenters. The molecule has 0 radical (unpaired) electrons. The lowest BCUT2D eigenvalue weighted by atomic mass is 10.0. The van der Waals surface area contributed by atoms with Crippen molar-refractivity contribution in [2.75, 3.05) is 36.6 Å². The number of nitrogens with zero attached hydrogens (tertiary/aromatic N) is 5. The molecule has 0 unspecified atom stereocenters. The van der Waals surface area contributed by atoms with E-state index < -0.39 is 17.6 Å². The molecule has 1 saturated heterocycles. The third-order valence-corrected chi connectivity index (χ3v) is 4.91. The maximum Gasteiger partial charge on any atom is 0.416 e. The number of hydrogen-bond donors (Lipinski definition) is 1. The van der Waals surface area contributed by atoms with Gasteiger partial charge in [0.05, 0.1) is 36.9 Å². The molecule has 3 aromatic rings. The number of rotatable bonds is 6. The highest BCUT2D eigenvalue weighted by Crippen LogP contribution is 2.30. The van der Waals surface area contributed by atoms with Crippen molar-refractivity contribution < 1.29 is 22.3 Å². The number of morpholine rings is 1. The summed E-state index contributed by atoms with van der Waals surface area (Å²) in [6.07, 6.45) is 0.0390. The largest absolute Gasteiger partial charge is 0.416 e. The Kier molecular flexibility index (Phi) is 6.78. The molecule has 4 rings (SSSR count). The van der Waals surface area contributed by atoms with Crippen LogP contribution in [0.1, 0.15) is 22.4 Å². The van der Waals surface area contributed by atoms with Gasteiger partial charge in [-0.25, -0.2) is 14.8 Å². The van der Waals surface area contributed by atoms with Crippen LogP contribution in [0.2, 0.25) is 0 Å². The smallest absolute Gasteiger partial charge is 0.378 e. The molecule has 0 aliphatic carbocycles. The number of benzene rings is 1. The van der Waals surface area contributed by atoms with E-state index in [1.165, 1.54) is 12.3 Å². The average molecular weight is 460 g/mol. The summed E-state index contributed by atoms with van der Waals surface area (Å²) in [5, 5.41) is 4.03. The Labute approximate surface area is 187 Å². The number of alkyl halides is 3. The molecule has 1 aliphatic rings. The number of aromatic nitrogens is 3. The predicted octanol–water partition coefficient (Wildman–Crippen LogP) is 3.90. The van der Waals surface area contributed by atoms with Crippen LogP contribution in [-0.2, 0) is 17.3 Å². The molecule has 0 spiro atoms. The van der Waals surface area contributed by atoms with Gasteiger partial charge in [0.1, 0.15) is 0 Å². The molecule has 11 heteroatoms. The zero-order chi connectivity index (χ0) is 23.3. The van der Waals surface area contributed by atoms with Crippen LogP contribution in [0, 0.1) is 5.82 Å². The van der Waals surface area contributed by atoms with Crippen molar-refractivity contribution >= 4 is 18.0 Å². The van der Waals surface area contributed by atoms with Crippen molar-refractivity contribution in [2.45, 2.75) is 12.6 Å². The maximum absolute atomic E-state index is 14.1. The first-order valence-electron chi connectivity index (χ1n) is 10.1. The molecule has 0 bridgehead atoms. The third kappa shape index (κ3) is 6.01. The second-order valence-corrected chi connectivity index (χ2v) is 7.30. The summed E-state index contributed by atoms with van der Waals surface area (Å²) >= 11 is 0. The van der Waals surface area contributed by atoms with Gasteiger partial charge in [-0.3, -0.25) is 4.98 Å². The number of nitrogens with one attached hydrogen (secondary N) is 1. The van der Waals surface area contributed by atoms with Crippen molar-refractivity contribution in [2.24, 2.45) is 5.10 Å². The van der Waals surface area contributed by atoms with Crippen molar-refractivity contribution in [3.63, 3.8) is 0 Å². The minimum atomic E-state index is -4.38. The summed E-state index contributed by atoms with van der Waals surface area (Å²) in [5.74, 6) is -0.206. The van der Waals surface area contributed by atoms with Gasteiger partial charge in [-0.1, -0.05) is 24.3 Å². The van der Waals surface area contributed by atoms with E-state index in [1.807, 2.05) is 0 Å². The van der Waals surface area contributed by atoms with E-state index in [4.69, 9.17) is 4.74 Å². The molecule has 3 heterocycles. The summed E-state index contributed by atoms with van der Waals surface area (Å²) in [4.78, 5) is 14.1. The minimum Gasteiger partial charge on any atom is -0.378 e. The molecule has 1 aliphatic heterocycles. The van der Waals surface area contributed by atoms with Crippen LogP contribution >= 0.6 is 0 Å².